The first-order chi connectivity index (χ1) is 24.4. The molecule has 53 heavy (non-hydrogen) atoms. The van der Waals surface area contributed by atoms with Crippen LogP contribution in [0.1, 0.15) is 85.3 Å². The Morgan fingerprint density at radius 1 is 0.962 bits per heavy atom. The van der Waals surface area contributed by atoms with Crippen LogP contribution in [0, 0.1) is 11.8 Å². The quantitative estimate of drug-likeness (QED) is 0.0598. The van der Waals surface area contributed by atoms with Crippen molar-refractivity contribution in [1.29, 1.82) is 0 Å². The zero-order chi connectivity index (χ0) is 40.0. The molecule has 0 radical (unpaired) electrons. The first kappa shape index (κ1) is 44.1. The van der Waals surface area contributed by atoms with Crippen molar-refractivity contribution in [3.05, 3.63) is 47.2 Å². The number of rotatable bonds is 20. The maximum atomic E-state index is 14.5. The van der Waals surface area contributed by atoms with E-state index in [0.29, 0.717) is 36.0 Å². The number of carbonyl (C=O) groups excluding carboxylic acids is 1. The number of carbonyl (C=O) groups is 1. The molecule has 8 nitrogen and oxygen atoms in total. The lowest BCUT2D eigenvalue weighted by molar-refractivity contribution is -0.514. The summed E-state index contributed by atoms with van der Waals surface area (Å²) in [5.41, 5.74) is 10.00. The minimum atomic E-state index is -5.48. The zero-order valence-electron chi connectivity index (χ0n) is 30.4. The summed E-state index contributed by atoms with van der Waals surface area (Å²) in [6, 6.07) is 6.01. The van der Waals surface area contributed by atoms with Crippen LogP contribution < -0.4 is 16.2 Å². The van der Waals surface area contributed by atoms with Crippen molar-refractivity contribution in [2.75, 3.05) is 19.8 Å². The number of alkyl halides is 9. The minimum Gasteiger partial charge on any atom is -0.493 e. The third-order valence-corrected chi connectivity index (χ3v) is 8.52. The van der Waals surface area contributed by atoms with Crippen LogP contribution in [0.4, 0.5) is 39.5 Å². The van der Waals surface area contributed by atoms with Crippen LogP contribution in [0.15, 0.2) is 41.5 Å². The number of hydrogen-bond acceptors (Lipinski definition) is 7. The van der Waals surface area contributed by atoms with Gasteiger partial charge in [-0.15, -0.1) is 8.78 Å². The Hall–Kier alpha value is -3.28. The standard InChI is InChI=1S/C36H48F9N3O5/c1-6-7-8-9-24-16-23(4)30(27(17-24)35(41,42)43)29-18-25-10-11-26(19-28(25)48(29)20-22(2)3)50-14-12-33(37,38)52-36(44,45)53-34(39,40)13-15-51-31(49)32(5,47)21-46/h10-11,17-19,22-23H,6-9,12-16,20-21,46-47H2,1-5H3. The zero-order valence-corrected chi connectivity index (χ0v) is 30.4. The highest BCUT2D eigenvalue weighted by Gasteiger charge is 2.52. The van der Waals surface area contributed by atoms with E-state index >= 15 is 0 Å². The number of benzene rings is 1. The van der Waals surface area contributed by atoms with Crippen LogP contribution in [-0.2, 0) is 25.5 Å². The SMILES string of the molecule is CCCCCC1=CC(C(F)(F)F)=C(c2cc3ccc(OCCC(F)(F)OC(F)(F)OC(F)(F)CCOC(=O)C(C)(N)CN)cc3n2CC(C)C)C(C)C1. The van der Waals surface area contributed by atoms with E-state index in [2.05, 4.69) is 14.2 Å². The molecule has 0 fully saturated rings. The summed E-state index contributed by atoms with van der Waals surface area (Å²) in [5.74, 6) is -1.67. The van der Waals surface area contributed by atoms with Gasteiger partial charge in [0.2, 0.25) is 0 Å². The van der Waals surface area contributed by atoms with E-state index in [1.165, 1.54) is 18.2 Å². The molecule has 2 unspecified atom stereocenters. The topological polar surface area (TPSA) is 111 Å². The van der Waals surface area contributed by atoms with Crippen LogP contribution >= 0.6 is 0 Å². The Morgan fingerprint density at radius 2 is 1.58 bits per heavy atom. The fourth-order valence-corrected chi connectivity index (χ4v) is 5.88. The van der Waals surface area contributed by atoms with Crippen LogP contribution in [0.2, 0.25) is 0 Å². The molecule has 0 spiro atoms. The number of esters is 1. The van der Waals surface area contributed by atoms with E-state index in [-0.39, 0.29) is 17.2 Å². The molecule has 1 aliphatic carbocycles. The molecule has 0 aliphatic heterocycles. The highest BCUT2D eigenvalue weighted by atomic mass is 19.4. The number of halogens is 9. The lowest BCUT2D eigenvalue weighted by Crippen LogP contribution is -2.52. The number of unbranched alkanes of at least 4 members (excludes halogenated alkanes) is 2. The van der Waals surface area contributed by atoms with Crippen LogP contribution in [0.5, 0.6) is 5.75 Å². The van der Waals surface area contributed by atoms with E-state index < -0.39 is 80.3 Å². The van der Waals surface area contributed by atoms with Gasteiger partial charge in [0.25, 0.3) is 0 Å². The molecule has 0 bridgehead atoms. The van der Waals surface area contributed by atoms with E-state index in [1.807, 2.05) is 20.8 Å². The van der Waals surface area contributed by atoms with Gasteiger partial charge in [0.1, 0.15) is 11.3 Å². The van der Waals surface area contributed by atoms with Gasteiger partial charge in [-0.05, 0) is 61.8 Å². The van der Waals surface area contributed by atoms with Crippen molar-refractivity contribution >= 4 is 22.4 Å². The second kappa shape index (κ2) is 17.5. The van der Waals surface area contributed by atoms with E-state index in [0.717, 1.165) is 31.8 Å². The van der Waals surface area contributed by atoms with Gasteiger partial charge in [-0.2, -0.15) is 30.7 Å². The Labute approximate surface area is 302 Å². The maximum absolute atomic E-state index is 14.5. The van der Waals surface area contributed by atoms with Crippen molar-refractivity contribution in [2.45, 2.75) is 116 Å². The molecule has 2 atom stereocenters. The normalized spacial score (nSPS) is 17.4. The summed E-state index contributed by atoms with van der Waals surface area (Å²) < 4.78 is 146. The molecule has 1 aromatic heterocycles. The first-order valence-corrected chi connectivity index (χ1v) is 17.4. The number of hydrogen-bond donors (Lipinski definition) is 2. The van der Waals surface area contributed by atoms with E-state index in [1.54, 1.807) is 23.6 Å². The van der Waals surface area contributed by atoms with Gasteiger partial charge in [0.15, 0.2) is 0 Å². The van der Waals surface area contributed by atoms with E-state index in [4.69, 9.17) is 16.2 Å². The smallest absolute Gasteiger partial charge is 0.493 e. The summed E-state index contributed by atoms with van der Waals surface area (Å²) in [7, 11) is 0. The predicted molar refractivity (Wildman–Crippen MR) is 180 cm³/mol. The van der Waals surface area contributed by atoms with E-state index in [9.17, 15) is 44.3 Å². The number of nitrogens with two attached hydrogens (primary N) is 2. The number of ether oxygens (including phenoxy) is 4. The summed E-state index contributed by atoms with van der Waals surface area (Å²) in [6.45, 7) is 6.52. The lowest BCUT2D eigenvalue weighted by atomic mass is 9.80. The van der Waals surface area contributed by atoms with Crippen LogP contribution in [0.25, 0.3) is 16.5 Å². The molecule has 1 heterocycles. The molecular weight excluding hydrogens is 725 g/mol. The molecule has 300 valence electrons. The van der Waals surface area contributed by atoms with Gasteiger partial charge in [-0.3, -0.25) is 4.79 Å². The fraction of sp³-hybridized carbons (Fsp3) is 0.639. The summed E-state index contributed by atoms with van der Waals surface area (Å²) in [4.78, 5) is 11.7. The van der Waals surface area contributed by atoms with Gasteiger partial charge in [-0.1, -0.05) is 52.2 Å². The lowest BCUT2D eigenvalue weighted by Gasteiger charge is -2.29. The highest BCUT2D eigenvalue weighted by Crippen LogP contribution is 2.46. The Morgan fingerprint density at radius 3 is 2.15 bits per heavy atom. The highest BCUT2D eigenvalue weighted by molar-refractivity contribution is 5.89. The van der Waals surface area contributed by atoms with Gasteiger partial charge in [0, 0.05) is 30.2 Å². The molecule has 0 saturated heterocycles. The van der Waals surface area contributed by atoms with Crippen molar-refractivity contribution < 1.29 is 63.3 Å². The fourth-order valence-electron chi connectivity index (χ4n) is 5.88. The monoisotopic (exact) mass is 773 g/mol. The van der Waals surface area contributed by atoms with Gasteiger partial charge in [0.05, 0.1) is 37.1 Å². The molecule has 4 N–H and O–H groups in total. The number of nitrogens with zero attached hydrogens (tertiary/aromatic N) is 1. The molecule has 1 aliphatic rings. The number of aromatic nitrogens is 1. The van der Waals surface area contributed by atoms with Crippen molar-refractivity contribution in [1.82, 2.24) is 4.57 Å². The number of fused-ring (bicyclic) bond motifs is 1. The molecule has 0 amide bonds. The van der Waals surface area contributed by atoms with Gasteiger partial charge in [-0.25, -0.2) is 9.47 Å². The van der Waals surface area contributed by atoms with Crippen LogP contribution in [0.3, 0.4) is 0 Å². The molecule has 1 aromatic carbocycles. The largest absolute Gasteiger partial charge is 0.494 e. The molecule has 0 saturated carbocycles. The van der Waals surface area contributed by atoms with Crippen molar-refractivity contribution in [2.24, 2.45) is 23.3 Å². The average Bonchev–Trinajstić information content (AvgIpc) is 3.35. The molecule has 17 heteroatoms. The third-order valence-electron chi connectivity index (χ3n) is 8.52. The molecule has 2 aromatic rings. The van der Waals surface area contributed by atoms with Gasteiger partial charge >= 0.3 is 30.7 Å². The summed E-state index contributed by atoms with van der Waals surface area (Å²) >= 11 is 0. The van der Waals surface area contributed by atoms with Gasteiger partial charge < -0.3 is 25.5 Å². The second-order valence-corrected chi connectivity index (χ2v) is 14.0. The first-order valence-electron chi connectivity index (χ1n) is 17.4. The average molecular weight is 774 g/mol. The Bertz CT molecular complexity index is 1620. The van der Waals surface area contributed by atoms with Crippen LogP contribution in [-0.4, -0.2) is 60.5 Å². The Kier molecular flexibility index (Phi) is 14.5. The predicted octanol–water partition coefficient (Wildman–Crippen LogP) is 9.31. The molecular formula is C36H48F9N3O5. The molecule has 3 rings (SSSR count). The van der Waals surface area contributed by atoms with Crippen molar-refractivity contribution in [3.8, 4) is 5.75 Å². The summed E-state index contributed by atoms with van der Waals surface area (Å²) in [6.07, 6.45) is -17.8. The summed E-state index contributed by atoms with van der Waals surface area (Å²) in [5, 5.41) is 0.560. The number of allylic oxidation sites excluding steroid dienone is 4. The third kappa shape index (κ3) is 12.6. The Balaban J connectivity index is 1.77. The van der Waals surface area contributed by atoms with Crippen molar-refractivity contribution in [3.63, 3.8) is 0 Å². The maximum Gasteiger partial charge on any atom is 0.494 e. The second-order valence-electron chi connectivity index (χ2n) is 14.0. The minimum absolute atomic E-state index is 0.00455.